The number of fused-ring (bicyclic) bond motifs is 3. The maximum Gasteiger partial charge on any atom is 0.257 e. The van der Waals surface area contributed by atoms with Crippen molar-refractivity contribution in [1.29, 1.82) is 0 Å². The van der Waals surface area contributed by atoms with Crippen molar-refractivity contribution in [3.8, 4) is 5.69 Å². The van der Waals surface area contributed by atoms with E-state index in [1.165, 1.54) is 6.08 Å². The molecule has 0 radical (unpaired) electrons. The lowest BCUT2D eigenvalue weighted by atomic mass is 9.99. The van der Waals surface area contributed by atoms with Crippen molar-refractivity contribution >= 4 is 17.5 Å². The Bertz CT molecular complexity index is 811. The van der Waals surface area contributed by atoms with Gasteiger partial charge in [-0.15, -0.1) is 6.58 Å². The Morgan fingerprint density at radius 1 is 1.50 bits per heavy atom. The third-order valence-electron chi connectivity index (χ3n) is 4.46. The average molecular weight is 346 g/mol. The Balaban J connectivity index is 2.06. The van der Waals surface area contributed by atoms with E-state index in [0.29, 0.717) is 30.0 Å². The van der Waals surface area contributed by atoms with E-state index in [2.05, 4.69) is 11.6 Å². The van der Waals surface area contributed by atoms with Crippen LogP contribution in [-0.4, -0.2) is 38.1 Å². The molecular weight excluding hydrogens is 326 g/mol. The monoisotopic (exact) mass is 345 g/mol. The second-order valence-electron chi connectivity index (χ2n) is 6.36. The Morgan fingerprint density at radius 3 is 2.96 bits per heavy atom. The van der Waals surface area contributed by atoms with Gasteiger partial charge in [0.05, 0.1) is 46.1 Å². The first-order valence-electron chi connectivity index (χ1n) is 7.79. The minimum absolute atomic E-state index is 0.108. The van der Waals surface area contributed by atoms with Gasteiger partial charge < -0.3 is 14.6 Å². The summed E-state index contributed by atoms with van der Waals surface area (Å²) in [5, 5.41) is 10.6. The summed E-state index contributed by atoms with van der Waals surface area (Å²) < 4.78 is 1.92. The van der Waals surface area contributed by atoms with Gasteiger partial charge >= 0.3 is 0 Å². The average Bonchev–Trinajstić information content (AvgIpc) is 2.90. The van der Waals surface area contributed by atoms with Crippen LogP contribution in [-0.2, 0) is 13.0 Å². The molecule has 6 heteroatoms. The van der Waals surface area contributed by atoms with Crippen LogP contribution in [0, 0.1) is 0 Å². The number of benzene rings is 1. The minimum Gasteiger partial charge on any atom is -0.386 e. The molecule has 1 N–H and O–H groups in total. The van der Waals surface area contributed by atoms with Gasteiger partial charge in [0.1, 0.15) is 0 Å². The van der Waals surface area contributed by atoms with Crippen LogP contribution in [0.4, 0.5) is 0 Å². The van der Waals surface area contributed by atoms with Gasteiger partial charge in [0.2, 0.25) is 0 Å². The number of hydrogen-bond donors (Lipinski definition) is 1. The predicted molar refractivity (Wildman–Crippen MR) is 93.5 cm³/mol. The Hall–Kier alpha value is -2.11. The lowest BCUT2D eigenvalue weighted by Gasteiger charge is -2.18. The molecule has 0 spiro atoms. The molecule has 24 heavy (non-hydrogen) atoms. The summed E-state index contributed by atoms with van der Waals surface area (Å²) in [7, 11) is 1.75. The fraction of sp³-hybridized carbons (Fsp3) is 0.333. The molecule has 5 nitrogen and oxygen atoms in total. The van der Waals surface area contributed by atoms with Crippen LogP contribution in [0.5, 0.6) is 0 Å². The normalized spacial score (nSPS) is 16.2. The molecule has 0 saturated heterocycles. The van der Waals surface area contributed by atoms with Crippen molar-refractivity contribution in [2.24, 2.45) is 0 Å². The van der Waals surface area contributed by atoms with Crippen molar-refractivity contribution in [1.82, 2.24) is 14.5 Å². The third kappa shape index (κ3) is 2.85. The van der Waals surface area contributed by atoms with Crippen LogP contribution in [0.25, 0.3) is 5.69 Å². The van der Waals surface area contributed by atoms with Gasteiger partial charge in [-0.05, 0) is 31.9 Å². The Kier molecular flexibility index (Phi) is 4.24. The van der Waals surface area contributed by atoms with E-state index in [1.54, 1.807) is 31.3 Å². The molecule has 0 fully saturated rings. The van der Waals surface area contributed by atoms with Crippen LogP contribution in [0.15, 0.2) is 37.2 Å². The van der Waals surface area contributed by atoms with Crippen LogP contribution >= 0.6 is 11.6 Å². The highest BCUT2D eigenvalue weighted by Gasteiger charge is 2.28. The number of amides is 1. The summed E-state index contributed by atoms with van der Waals surface area (Å²) >= 11 is 6.26. The fourth-order valence-electron chi connectivity index (χ4n) is 2.88. The minimum atomic E-state index is -0.940. The lowest BCUT2D eigenvalue weighted by Crippen LogP contribution is -2.26. The Morgan fingerprint density at radius 2 is 2.25 bits per heavy atom. The summed E-state index contributed by atoms with van der Waals surface area (Å²) in [6, 6.07) is 5.41. The van der Waals surface area contributed by atoms with Gasteiger partial charge in [0.15, 0.2) is 0 Å². The van der Waals surface area contributed by atoms with Crippen LogP contribution in [0.2, 0.25) is 5.02 Å². The van der Waals surface area contributed by atoms with Crippen LogP contribution < -0.4 is 0 Å². The molecule has 2 heterocycles. The zero-order chi connectivity index (χ0) is 17.5. The number of imidazole rings is 1. The third-order valence-corrected chi connectivity index (χ3v) is 4.77. The number of carbonyl (C=O) groups excluding carboxylic acids is 1. The van der Waals surface area contributed by atoms with Gasteiger partial charge in [-0.25, -0.2) is 4.98 Å². The Labute approximate surface area is 146 Å². The maximum absolute atomic E-state index is 12.7. The molecule has 0 bridgehead atoms. The molecule has 1 aromatic carbocycles. The zero-order valence-corrected chi connectivity index (χ0v) is 14.5. The van der Waals surface area contributed by atoms with Gasteiger partial charge in [-0.2, -0.15) is 0 Å². The van der Waals surface area contributed by atoms with Gasteiger partial charge in [0.25, 0.3) is 5.91 Å². The number of aromatic nitrogens is 2. The predicted octanol–water partition coefficient (Wildman–Crippen LogP) is 2.98. The molecule has 1 aromatic heterocycles. The number of nitrogens with zero attached hydrogens (tertiary/aromatic N) is 3. The summed E-state index contributed by atoms with van der Waals surface area (Å²) in [5.74, 6) is -0.108. The maximum atomic E-state index is 12.7. The standard InChI is InChI=1S/C18H20ClN3O2/c1-4-18(2,24)9-8-13-15-10-21(3)17(23)16-12(19)6-5-7-14(16)22(15)11-20-13/h4-7,11,24H,1,8-10H2,2-3H3. The highest BCUT2D eigenvalue weighted by molar-refractivity contribution is 6.34. The number of aliphatic hydroxyl groups is 1. The van der Waals surface area contributed by atoms with Gasteiger partial charge in [-0.3, -0.25) is 4.79 Å². The highest BCUT2D eigenvalue weighted by Crippen LogP contribution is 2.30. The molecule has 1 unspecified atom stereocenters. The fourth-order valence-corrected chi connectivity index (χ4v) is 3.13. The SMILES string of the molecule is C=CC(C)(O)CCc1ncn2c1CN(C)C(=O)c1c(Cl)cccc1-2. The molecule has 2 aromatic rings. The number of hydrogen-bond acceptors (Lipinski definition) is 3. The first-order valence-corrected chi connectivity index (χ1v) is 8.17. The molecular formula is C18H20ClN3O2. The summed E-state index contributed by atoms with van der Waals surface area (Å²) in [5.41, 5.74) is 2.09. The van der Waals surface area contributed by atoms with Crippen molar-refractivity contribution < 1.29 is 9.90 Å². The number of rotatable bonds is 4. The smallest absolute Gasteiger partial charge is 0.257 e. The first kappa shape index (κ1) is 16.7. The largest absolute Gasteiger partial charge is 0.386 e. The van der Waals surface area contributed by atoms with E-state index in [0.717, 1.165) is 17.1 Å². The molecule has 1 aliphatic heterocycles. The van der Waals surface area contributed by atoms with E-state index in [9.17, 15) is 9.90 Å². The number of halogens is 1. The second kappa shape index (κ2) is 6.07. The molecule has 1 amide bonds. The molecule has 1 aliphatic rings. The van der Waals surface area contributed by atoms with Crippen molar-refractivity contribution in [2.75, 3.05) is 7.05 Å². The van der Waals surface area contributed by atoms with E-state index >= 15 is 0 Å². The second-order valence-corrected chi connectivity index (χ2v) is 6.77. The first-order chi connectivity index (χ1) is 11.3. The number of carbonyl (C=O) groups is 1. The number of aryl methyl sites for hydroxylation is 1. The molecule has 0 aliphatic carbocycles. The topological polar surface area (TPSA) is 58.4 Å². The van der Waals surface area contributed by atoms with Crippen LogP contribution in [0.3, 0.4) is 0 Å². The van der Waals surface area contributed by atoms with Crippen molar-refractivity contribution in [3.05, 3.63) is 59.2 Å². The van der Waals surface area contributed by atoms with Crippen molar-refractivity contribution in [2.45, 2.75) is 31.9 Å². The highest BCUT2D eigenvalue weighted by atomic mass is 35.5. The van der Waals surface area contributed by atoms with Gasteiger partial charge in [0, 0.05) is 7.05 Å². The van der Waals surface area contributed by atoms with E-state index in [4.69, 9.17) is 11.6 Å². The molecule has 126 valence electrons. The van der Waals surface area contributed by atoms with Crippen LogP contribution in [0.1, 0.15) is 35.1 Å². The van der Waals surface area contributed by atoms with E-state index < -0.39 is 5.60 Å². The summed E-state index contributed by atoms with van der Waals surface area (Å²) in [4.78, 5) is 18.8. The molecule has 1 atom stereocenters. The molecule has 3 rings (SSSR count). The summed E-state index contributed by atoms with van der Waals surface area (Å²) in [6.45, 7) is 5.81. The molecule has 0 saturated carbocycles. The van der Waals surface area contributed by atoms with E-state index in [-0.39, 0.29) is 5.91 Å². The van der Waals surface area contributed by atoms with Crippen molar-refractivity contribution in [3.63, 3.8) is 0 Å². The van der Waals surface area contributed by atoms with Gasteiger partial charge in [-0.1, -0.05) is 23.7 Å². The summed E-state index contributed by atoms with van der Waals surface area (Å²) in [6.07, 6.45) is 4.36. The van der Waals surface area contributed by atoms with E-state index in [1.807, 2.05) is 16.7 Å². The zero-order valence-electron chi connectivity index (χ0n) is 13.8. The lowest BCUT2D eigenvalue weighted by molar-refractivity contribution is 0.0786. The quantitative estimate of drug-likeness (QED) is 0.867.